The summed E-state index contributed by atoms with van der Waals surface area (Å²) >= 11 is 1.00. The summed E-state index contributed by atoms with van der Waals surface area (Å²) in [5.41, 5.74) is 0.0198. The highest BCUT2D eigenvalue weighted by Crippen LogP contribution is 2.33. The number of anilines is 1. The third-order valence-electron chi connectivity index (χ3n) is 3.37. The average Bonchev–Trinajstić information content (AvgIpc) is 2.80. The fourth-order valence-electron chi connectivity index (χ4n) is 2.09. The summed E-state index contributed by atoms with van der Waals surface area (Å²) in [6, 6.07) is 0. The molecule has 118 valence electrons. The number of nitrogens with one attached hydrogen (secondary N) is 1. The van der Waals surface area contributed by atoms with E-state index in [9.17, 15) is 14.9 Å². The Bertz CT molecular complexity index is 496. The van der Waals surface area contributed by atoms with Gasteiger partial charge in [0.15, 0.2) is 5.13 Å². The summed E-state index contributed by atoms with van der Waals surface area (Å²) in [5.74, 6) is -0.524. The van der Waals surface area contributed by atoms with Crippen molar-refractivity contribution < 1.29 is 14.8 Å². The van der Waals surface area contributed by atoms with Gasteiger partial charge in [0.1, 0.15) is 6.20 Å². The standard InChI is InChI=1S/C13H21N3O4S/c1-13(2,3)9(4-5-11(17)18)6-7-14-12-15-8-10(21-12)16(19)20/h8-9H,4-7H2,1-3H3,(H,14,15)(H,17,18). The van der Waals surface area contributed by atoms with Gasteiger partial charge in [0.05, 0.1) is 4.92 Å². The third kappa shape index (κ3) is 6.07. The van der Waals surface area contributed by atoms with Crippen molar-refractivity contribution in [1.29, 1.82) is 0 Å². The van der Waals surface area contributed by atoms with Gasteiger partial charge in [-0.3, -0.25) is 14.9 Å². The number of hydrogen-bond donors (Lipinski definition) is 2. The molecule has 1 heterocycles. The van der Waals surface area contributed by atoms with Crippen LogP contribution in [0.1, 0.15) is 40.0 Å². The van der Waals surface area contributed by atoms with Crippen molar-refractivity contribution in [2.24, 2.45) is 11.3 Å². The molecule has 0 spiro atoms. The van der Waals surface area contributed by atoms with E-state index in [2.05, 4.69) is 31.1 Å². The number of thiazole rings is 1. The predicted octanol–water partition coefficient (Wildman–Crippen LogP) is 3.38. The Hall–Kier alpha value is -1.70. The number of nitrogens with zero attached hydrogens (tertiary/aromatic N) is 2. The summed E-state index contributed by atoms with van der Waals surface area (Å²) in [5, 5.41) is 23.0. The second-order valence-electron chi connectivity index (χ2n) is 5.97. The molecule has 0 bridgehead atoms. The van der Waals surface area contributed by atoms with Crippen molar-refractivity contribution in [1.82, 2.24) is 4.98 Å². The topological polar surface area (TPSA) is 105 Å². The van der Waals surface area contributed by atoms with Crippen molar-refractivity contribution in [2.45, 2.75) is 40.0 Å². The monoisotopic (exact) mass is 315 g/mol. The Morgan fingerprint density at radius 2 is 2.19 bits per heavy atom. The highest BCUT2D eigenvalue weighted by Gasteiger charge is 2.24. The van der Waals surface area contributed by atoms with E-state index in [1.165, 1.54) is 6.20 Å². The first-order chi connectivity index (χ1) is 9.70. The van der Waals surface area contributed by atoms with Crippen LogP contribution in [0.5, 0.6) is 0 Å². The van der Waals surface area contributed by atoms with Gasteiger partial charge in [-0.2, -0.15) is 0 Å². The number of nitro groups is 1. The van der Waals surface area contributed by atoms with E-state index >= 15 is 0 Å². The molecule has 0 aliphatic rings. The largest absolute Gasteiger partial charge is 0.481 e. The Balaban J connectivity index is 2.48. The number of carboxylic acids is 1. The Labute approximate surface area is 127 Å². The van der Waals surface area contributed by atoms with E-state index in [4.69, 9.17) is 5.11 Å². The van der Waals surface area contributed by atoms with Gasteiger partial charge >= 0.3 is 11.0 Å². The molecule has 0 aromatic carbocycles. The zero-order chi connectivity index (χ0) is 16.0. The minimum atomic E-state index is -0.784. The van der Waals surface area contributed by atoms with Crippen molar-refractivity contribution >= 4 is 27.4 Å². The van der Waals surface area contributed by atoms with Gasteiger partial charge in [-0.25, -0.2) is 4.98 Å². The first-order valence-electron chi connectivity index (χ1n) is 6.76. The van der Waals surface area contributed by atoms with Crippen molar-refractivity contribution in [2.75, 3.05) is 11.9 Å². The van der Waals surface area contributed by atoms with Crippen LogP contribution in [0.3, 0.4) is 0 Å². The highest BCUT2D eigenvalue weighted by atomic mass is 32.1. The molecule has 0 aliphatic heterocycles. The molecule has 0 saturated heterocycles. The van der Waals surface area contributed by atoms with E-state index in [1.54, 1.807) is 0 Å². The van der Waals surface area contributed by atoms with Crippen LogP contribution in [0.15, 0.2) is 6.20 Å². The molecular weight excluding hydrogens is 294 g/mol. The molecule has 1 aromatic rings. The van der Waals surface area contributed by atoms with Crippen LogP contribution < -0.4 is 5.32 Å². The van der Waals surface area contributed by atoms with E-state index in [0.29, 0.717) is 18.1 Å². The van der Waals surface area contributed by atoms with E-state index in [0.717, 1.165) is 17.8 Å². The SMILES string of the molecule is CC(C)(C)C(CCNc1ncc([N+](=O)[O-])s1)CCC(=O)O. The molecule has 1 rings (SSSR count). The molecule has 0 amide bonds. The minimum Gasteiger partial charge on any atom is -0.481 e. The van der Waals surface area contributed by atoms with Gasteiger partial charge in [0.25, 0.3) is 0 Å². The maximum Gasteiger partial charge on any atom is 0.345 e. The van der Waals surface area contributed by atoms with Crippen LogP contribution in [0.25, 0.3) is 0 Å². The Morgan fingerprint density at radius 3 is 2.67 bits per heavy atom. The number of rotatable bonds is 8. The highest BCUT2D eigenvalue weighted by molar-refractivity contribution is 7.18. The molecule has 0 fully saturated rings. The van der Waals surface area contributed by atoms with Crippen molar-refractivity contribution in [3.63, 3.8) is 0 Å². The lowest BCUT2D eigenvalue weighted by atomic mass is 9.76. The van der Waals surface area contributed by atoms with Crippen LogP contribution in [-0.2, 0) is 4.79 Å². The van der Waals surface area contributed by atoms with Crippen molar-refractivity contribution in [3.05, 3.63) is 16.3 Å². The summed E-state index contributed by atoms with van der Waals surface area (Å²) in [7, 11) is 0. The maximum atomic E-state index is 10.7. The molecule has 1 unspecified atom stereocenters. The Morgan fingerprint density at radius 1 is 1.52 bits per heavy atom. The molecule has 1 atom stereocenters. The van der Waals surface area contributed by atoms with Crippen molar-refractivity contribution in [3.8, 4) is 0 Å². The zero-order valence-electron chi connectivity index (χ0n) is 12.5. The number of aliphatic carboxylic acids is 1. The van der Waals surface area contributed by atoms with E-state index in [1.807, 2.05) is 0 Å². The van der Waals surface area contributed by atoms with Gasteiger partial charge in [-0.1, -0.05) is 20.8 Å². The summed E-state index contributed by atoms with van der Waals surface area (Å²) in [6.07, 6.45) is 2.81. The van der Waals surface area contributed by atoms with E-state index in [-0.39, 0.29) is 22.8 Å². The van der Waals surface area contributed by atoms with Crippen LogP contribution in [-0.4, -0.2) is 27.5 Å². The third-order valence-corrected chi connectivity index (χ3v) is 4.28. The number of carboxylic acid groups (broad SMARTS) is 1. The van der Waals surface area contributed by atoms with Gasteiger partial charge in [-0.15, -0.1) is 0 Å². The molecule has 0 aliphatic carbocycles. The first kappa shape index (κ1) is 17.4. The molecule has 1 aromatic heterocycles. The average molecular weight is 315 g/mol. The quantitative estimate of drug-likeness (QED) is 0.562. The predicted molar refractivity (Wildman–Crippen MR) is 81.7 cm³/mol. The second kappa shape index (κ2) is 7.35. The first-order valence-corrected chi connectivity index (χ1v) is 7.57. The number of aromatic nitrogens is 1. The molecule has 8 heteroatoms. The molecule has 21 heavy (non-hydrogen) atoms. The molecule has 0 saturated carbocycles. The fraction of sp³-hybridized carbons (Fsp3) is 0.692. The lowest BCUT2D eigenvalue weighted by Gasteiger charge is -2.30. The van der Waals surface area contributed by atoms with Crippen LogP contribution in [0.4, 0.5) is 10.1 Å². The molecule has 2 N–H and O–H groups in total. The molecular formula is C13H21N3O4S. The van der Waals surface area contributed by atoms with Crippen LogP contribution in [0.2, 0.25) is 0 Å². The summed E-state index contributed by atoms with van der Waals surface area (Å²) in [4.78, 5) is 24.8. The van der Waals surface area contributed by atoms with Gasteiger partial charge in [0, 0.05) is 13.0 Å². The molecule has 7 nitrogen and oxygen atoms in total. The minimum absolute atomic E-state index is 0.00995. The van der Waals surface area contributed by atoms with Crippen LogP contribution in [0, 0.1) is 21.4 Å². The van der Waals surface area contributed by atoms with Gasteiger partial charge < -0.3 is 10.4 Å². The van der Waals surface area contributed by atoms with Gasteiger partial charge in [0.2, 0.25) is 0 Å². The Kier molecular flexibility index (Phi) is 6.07. The second-order valence-corrected chi connectivity index (χ2v) is 6.98. The lowest BCUT2D eigenvalue weighted by molar-refractivity contribution is -0.380. The lowest BCUT2D eigenvalue weighted by Crippen LogP contribution is -2.24. The normalized spacial score (nSPS) is 12.9. The maximum absolute atomic E-state index is 10.7. The fourth-order valence-corrected chi connectivity index (χ4v) is 2.75. The molecule has 0 radical (unpaired) electrons. The summed E-state index contributed by atoms with van der Waals surface area (Å²) in [6.45, 7) is 6.89. The number of carbonyl (C=O) groups is 1. The smallest absolute Gasteiger partial charge is 0.345 e. The number of hydrogen-bond acceptors (Lipinski definition) is 6. The van der Waals surface area contributed by atoms with E-state index < -0.39 is 10.9 Å². The van der Waals surface area contributed by atoms with Gasteiger partial charge in [-0.05, 0) is 35.5 Å². The summed E-state index contributed by atoms with van der Waals surface area (Å²) < 4.78 is 0. The van der Waals surface area contributed by atoms with Crippen LogP contribution >= 0.6 is 11.3 Å². The zero-order valence-corrected chi connectivity index (χ0v) is 13.3.